The van der Waals surface area contributed by atoms with Gasteiger partial charge in [-0.1, -0.05) is 42.5 Å². The number of para-hydroxylation sites is 1. The lowest BCUT2D eigenvalue weighted by molar-refractivity contribution is -0.135. The van der Waals surface area contributed by atoms with Gasteiger partial charge in [0.1, 0.15) is 0 Å². The number of nitrogens with zero attached hydrogens (tertiary/aromatic N) is 2. The molecule has 0 aromatic heterocycles. The summed E-state index contributed by atoms with van der Waals surface area (Å²) >= 11 is 0. The molecule has 2 heterocycles. The molecule has 0 radical (unpaired) electrons. The minimum Gasteiger partial charge on any atom is -0.338 e. The first kappa shape index (κ1) is 15.6. The van der Waals surface area contributed by atoms with E-state index in [1.165, 1.54) is 16.7 Å². The zero-order valence-electron chi connectivity index (χ0n) is 14.7. The molecule has 0 bridgehead atoms. The molecular weight excluding hydrogens is 324 g/mol. The number of hydrogen-bond acceptors (Lipinski definition) is 2. The van der Waals surface area contributed by atoms with Crippen LogP contribution in [0.4, 0.5) is 5.69 Å². The molecule has 0 spiro atoms. The summed E-state index contributed by atoms with van der Waals surface area (Å²) in [4.78, 5) is 29.7. The molecule has 0 N–H and O–H groups in total. The van der Waals surface area contributed by atoms with Gasteiger partial charge in [0.2, 0.25) is 11.8 Å². The van der Waals surface area contributed by atoms with Crippen LogP contribution in [-0.4, -0.2) is 29.8 Å². The first-order valence-electron chi connectivity index (χ1n) is 9.47. The molecule has 2 unspecified atom stereocenters. The van der Waals surface area contributed by atoms with Crippen LogP contribution in [0, 0.1) is 11.8 Å². The molecule has 26 heavy (non-hydrogen) atoms. The Labute approximate surface area is 153 Å². The van der Waals surface area contributed by atoms with E-state index < -0.39 is 0 Å². The molecular formula is C22H22N2O2. The highest BCUT2D eigenvalue weighted by molar-refractivity contribution is 6.02. The standard InChI is InChI=1S/C22H22N2O2/c25-21(23-11-9-15-5-1-2-7-17(15)14-23)18-13-19(18)22(26)24-12-10-16-6-3-4-8-20(16)24/h1-8,18-19H,9-14H2. The van der Waals surface area contributed by atoms with E-state index in [1.54, 1.807) is 0 Å². The van der Waals surface area contributed by atoms with Crippen LogP contribution in [0.1, 0.15) is 23.1 Å². The van der Waals surface area contributed by atoms with Crippen LogP contribution in [0.25, 0.3) is 0 Å². The number of fused-ring (bicyclic) bond motifs is 2. The van der Waals surface area contributed by atoms with E-state index in [0.29, 0.717) is 13.0 Å². The molecule has 2 aromatic carbocycles. The number of benzene rings is 2. The molecule has 2 aliphatic heterocycles. The fourth-order valence-electron chi connectivity index (χ4n) is 4.43. The number of hydrogen-bond donors (Lipinski definition) is 0. The molecule has 3 aliphatic rings. The van der Waals surface area contributed by atoms with Gasteiger partial charge in [-0.15, -0.1) is 0 Å². The first-order valence-corrected chi connectivity index (χ1v) is 9.47. The third kappa shape index (κ3) is 2.52. The quantitative estimate of drug-likeness (QED) is 0.839. The van der Waals surface area contributed by atoms with Crippen LogP contribution in [0.5, 0.6) is 0 Å². The summed E-state index contributed by atoms with van der Waals surface area (Å²) in [6, 6.07) is 16.4. The Balaban J connectivity index is 1.26. The maximum absolute atomic E-state index is 12.9. The summed E-state index contributed by atoms with van der Waals surface area (Å²) in [6.07, 6.45) is 2.53. The van der Waals surface area contributed by atoms with Crippen LogP contribution >= 0.6 is 0 Å². The van der Waals surface area contributed by atoms with Gasteiger partial charge < -0.3 is 9.80 Å². The second-order valence-corrected chi connectivity index (χ2v) is 7.60. The van der Waals surface area contributed by atoms with E-state index >= 15 is 0 Å². The number of amides is 2. The molecule has 0 saturated heterocycles. The van der Waals surface area contributed by atoms with Gasteiger partial charge in [0.05, 0.1) is 11.8 Å². The van der Waals surface area contributed by atoms with Crippen molar-refractivity contribution in [2.45, 2.75) is 25.8 Å². The molecule has 2 aromatic rings. The Kier molecular flexibility index (Phi) is 3.59. The molecule has 1 fully saturated rings. The van der Waals surface area contributed by atoms with Crippen LogP contribution in [0.3, 0.4) is 0 Å². The fraction of sp³-hybridized carbons (Fsp3) is 0.364. The molecule has 4 nitrogen and oxygen atoms in total. The Morgan fingerprint density at radius 1 is 0.769 bits per heavy atom. The molecule has 2 atom stereocenters. The minimum atomic E-state index is -0.133. The highest BCUT2D eigenvalue weighted by atomic mass is 16.2. The van der Waals surface area contributed by atoms with Crippen molar-refractivity contribution in [2.75, 3.05) is 18.0 Å². The monoisotopic (exact) mass is 346 g/mol. The summed E-state index contributed by atoms with van der Waals surface area (Å²) < 4.78 is 0. The maximum atomic E-state index is 12.9. The smallest absolute Gasteiger partial charge is 0.230 e. The predicted octanol–water partition coefficient (Wildman–Crippen LogP) is 2.80. The summed E-state index contributed by atoms with van der Waals surface area (Å²) in [5.74, 6) is 0.0300. The minimum absolute atomic E-state index is 0.125. The SMILES string of the molecule is O=C(C1CC1C(=O)N1CCc2ccccc21)N1CCc2ccccc2C1. The van der Waals surface area contributed by atoms with Crippen molar-refractivity contribution in [1.29, 1.82) is 0 Å². The predicted molar refractivity (Wildman–Crippen MR) is 99.7 cm³/mol. The van der Waals surface area contributed by atoms with Gasteiger partial charge in [0.25, 0.3) is 0 Å². The van der Waals surface area contributed by atoms with Crippen LogP contribution in [0.2, 0.25) is 0 Å². The first-order chi connectivity index (χ1) is 12.7. The highest BCUT2D eigenvalue weighted by Crippen LogP contribution is 2.44. The molecule has 132 valence electrons. The summed E-state index contributed by atoms with van der Waals surface area (Å²) in [5, 5.41) is 0. The zero-order valence-corrected chi connectivity index (χ0v) is 14.7. The van der Waals surface area contributed by atoms with Crippen molar-refractivity contribution in [2.24, 2.45) is 11.8 Å². The Hall–Kier alpha value is -2.62. The lowest BCUT2D eigenvalue weighted by Crippen LogP contribution is -2.38. The molecule has 5 rings (SSSR count). The lowest BCUT2D eigenvalue weighted by atomic mass is 9.99. The average Bonchev–Trinajstić information content (AvgIpc) is 3.38. The van der Waals surface area contributed by atoms with Crippen molar-refractivity contribution >= 4 is 17.5 Å². The topological polar surface area (TPSA) is 40.6 Å². The number of carbonyl (C=O) groups excluding carboxylic acids is 2. The van der Waals surface area contributed by atoms with Crippen molar-refractivity contribution in [3.05, 3.63) is 65.2 Å². The Morgan fingerprint density at radius 3 is 2.27 bits per heavy atom. The number of anilines is 1. The third-order valence-corrected chi connectivity index (χ3v) is 6.02. The highest BCUT2D eigenvalue weighted by Gasteiger charge is 2.51. The molecule has 2 amide bonds. The van der Waals surface area contributed by atoms with Crippen molar-refractivity contribution in [3.63, 3.8) is 0 Å². The van der Waals surface area contributed by atoms with Gasteiger partial charge in [-0.3, -0.25) is 9.59 Å². The average molecular weight is 346 g/mol. The van der Waals surface area contributed by atoms with Gasteiger partial charge >= 0.3 is 0 Å². The van der Waals surface area contributed by atoms with Crippen molar-refractivity contribution in [1.82, 2.24) is 4.90 Å². The van der Waals surface area contributed by atoms with E-state index in [0.717, 1.165) is 31.6 Å². The second kappa shape index (κ2) is 5.97. The van der Waals surface area contributed by atoms with E-state index in [4.69, 9.17) is 0 Å². The van der Waals surface area contributed by atoms with Crippen LogP contribution in [0.15, 0.2) is 48.5 Å². The lowest BCUT2D eigenvalue weighted by Gasteiger charge is -2.29. The van der Waals surface area contributed by atoms with E-state index in [9.17, 15) is 9.59 Å². The summed E-state index contributed by atoms with van der Waals surface area (Å²) in [7, 11) is 0. The van der Waals surface area contributed by atoms with E-state index in [1.807, 2.05) is 34.1 Å². The molecule has 4 heteroatoms. The normalized spacial score (nSPS) is 23.4. The second-order valence-electron chi connectivity index (χ2n) is 7.60. The zero-order chi connectivity index (χ0) is 17.7. The van der Waals surface area contributed by atoms with Gasteiger partial charge in [-0.05, 0) is 42.0 Å². The van der Waals surface area contributed by atoms with Gasteiger partial charge in [0, 0.05) is 25.3 Å². The van der Waals surface area contributed by atoms with Crippen LogP contribution < -0.4 is 4.90 Å². The van der Waals surface area contributed by atoms with Gasteiger partial charge in [-0.25, -0.2) is 0 Å². The van der Waals surface area contributed by atoms with Crippen molar-refractivity contribution < 1.29 is 9.59 Å². The van der Waals surface area contributed by atoms with E-state index in [-0.39, 0.29) is 23.7 Å². The summed E-state index contributed by atoms with van der Waals surface area (Å²) in [5.41, 5.74) is 4.84. The Bertz CT molecular complexity index is 891. The number of carbonyl (C=O) groups is 2. The van der Waals surface area contributed by atoms with Crippen LogP contribution in [-0.2, 0) is 29.0 Å². The van der Waals surface area contributed by atoms with E-state index in [2.05, 4.69) is 24.3 Å². The largest absolute Gasteiger partial charge is 0.338 e. The molecule has 1 saturated carbocycles. The summed E-state index contributed by atoms with van der Waals surface area (Å²) in [6.45, 7) is 2.19. The fourth-order valence-corrected chi connectivity index (χ4v) is 4.43. The van der Waals surface area contributed by atoms with Crippen molar-refractivity contribution in [3.8, 4) is 0 Å². The molecule has 1 aliphatic carbocycles. The maximum Gasteiger partial charge on any atom is 0.230 e. The van der Waals surface area contributed by atoms with Gasteiger partial charge in [-0.2, -0.15) is 0 Å². The number of rotatable bonds is 2. The third-order valence-electron chi connectivity index (χ3n) is 6.02. The van der Waals surface area contributed by atoms with Gasteiger partial charge in [0.15, 0.2) is 0 Å². The Morgan fingerprint density at radius 2 is 1.42 bits per heavy atom.